The van der Waals surface area contributed by atoms with Gasteiger partial charge in [-0.2, -0.15) is 0 Å². The van der Waals surface area contributed by atoms with E-state index in [-0.39, 0.29) is 24.0 Å². The van der Waals surface area contributed by atoms with Gasteiger partial charge in [0.2, 0.25) is 0 Å². The summed E-state index contributed by atoms with van der Waals surface area (Å²) in [6, 6.07) is 12.5. The minimum absolute atomic E-state index is 0.0378. The molecular weight excluding hydrogens is 440 g/mol. The topological polar surface area (TPSA) is 89.6 Å². The molecule has 35 heavy (non-hydrogen) atoms. The minimum atomic E-state index is -0.690. The van der Waals surface area contributed by atoms with Crippen molar-refractivity contribution in [3.8, 4) is 11.1 Å². The van der Waals surface area contributed by atoms with Crippen LogP contribution in [0.2, 0.25) is 0 Å². The monoisotopic (exact) mass is 468 g/mol. The number of carboxylic acids is 1. The van der Waals surface area contributed by atoms with Crippen molar-refractivity contribution >= 4 is 11.6 Å². The zero-order valence-electron chi connectivity index (χ0n) is 19.9. The van der Waals surface area contributed by atoms with E-state index < -0.39 is 5.97 Å². The Hall–Kier alpha value is -3.58. The van der Waals surface area contributed by atoms with Crippen LogP contribution in [0.1, 0.15) is 79.1 Å². The summed E-state index contributed by atoms with van der Waals surface area (Å²) >= 11 is 0. The SMILES string of the molecule is Cc1nc2ccc(-c3cnc([C@H]4CC[C@H](C(=O)O)CC4)nc3)cn2c1[C@H]1O[C@@H](C)c2ccccc21. The zero-order chi connectivity index (χ0) is 24.1. The molecule has 178 valence electrons. The largest absolute Gasteiger partial charge is 0.481 e. The molecule has 4 heterocycles. The molecule has 1 aliphatic carbocycles. The fourth-order valence-electron chi connectivity index (χ4n) is 5.65. The van der Waals surface area contributed by atoms with Gasteiger partial charge in [0.1, 0.15) is 17.6 Å². The highest BCUT2D eigenvalue weighted by Gasteiger charge is 2.33. The Morgan fingerprint density at radius 3 is 2.43 bits per heavy atom. The summed E-state index contributed by atoms with van der Waals surface area (Å²) in [6.45, 7) is 4.13. The van der Waals surface area contributed by atoms with E-state index in [0.29, 0.717) is 12.8 Å². The smallest absolute Gasteiger partial charge is 0.306 e. The van der Waals surface area contributed by atoms with Crippen molar-refractivity contribution in [1.29, 1.82) is 0 Å². The number of ether oxygens (including phenoxy) is 1. The molecule has 2 aliphatic rings. The second kappa shape index (κ2) is 8.57. The summed E-state index contributed by atoms with van der Waals surface area (Å²) in [5, 5.41) is 9.24. The second-order valence-electron chi connectivity index (χ2n) is 9.73. The lowest BCUT2D eigenvalue weighted by Gasteiger charge is -2.24. The van der Waals surface area contributed by atoms with Gasteiger partial charge in [0.15, 0.2) is 0 Å². The molecule has 0 bridgehead atoms. The molecular formula is C28H28N4O3. The Labute approximate surface area is 203 Å². The van der Waals surface area contributed by atoms with Gasteiger partial charge >= 0.3 is 5.97 Å². The third kappa shape index (κ3) is 3.80. The first kappa shape index (κ1) is 21.9. The number of aryl methyl sites for hydroxylation is 1. The van der Waals surface area contributed by atoms with Crippen LogP contribution in [0.15, 0.2) is 55.0 Å². The Morgan fingerprint density at radius 2 is 1.71 bits per heavy atom. The molecule has 0 radical (unpaired) electrons. The number of carbonyl (C=O) groups is 1. The molecule has 7 heteroatoms. The first-order chi connectivity index (χ1) is 17.0. The van der Waals surface area contributed by atoms with Crippen molar-refractivity contribution in [2.24, 2.45) is 5.92 Å². The Balaban J connectivity index is 1.30. The van der Waals surface area contributed by atoms with Gasteiger partial charge in [-0.25, -0.2) is 15.0 Å². The van der Waals surface area contributed by atoms with Gasteiger partial charge < -0.3 is 14.2 Å². The van der Waals surface area contributed by atoms with Gasteiger partial charge in [-0.05, 0) is 62.8 Å². The summed E-state index contributed by atoms with van der Waals surface area (Å²) in [5.41, 5.74) is 7.26. The standard InChI is InChI=1S/C28H28N4O3/c1-16-25(26-23-6-4-3-5-22(23)17(2)35-26)32-15-20(11-12-24(32)31-16)21-13-29-27(30-14-21)18-7-9-19(10-8-18)28(33)34/h3-6,11-15,17-19,26H,7-10H2,1-2H3,(H,33,34)/t17-,18-,19-,26-/m0/s1. The predicted molar refractivity (Wildman–Crippen MR) is 131 cm³/mol. The number of hydrogen-bond donors (Lipinski definition) is 1. The Morgan fingerprint density at radius 1 is 1.00 bits per heavy atom. The number of rotatable bonds is 4. The van der Waals surface area contributed by atoms with Crippen molar-refractivity contribution in [3.63, 3.8) is 0 Å². The summed E-state index contributed by atoms with van der Waals surface area (Å²) in [6.07, 6.45) is 8.74. The molecule has 0 spiro atoms. The van der Waals surface area contributed by atoms with Crippen LogP contribution in [-0.4, -0.2) is 30.4 Å². The number of carboxylic acid groups (broad SMARTS) is 1. The predicted octanol–water partition coefficient (Wildman–Crippen LogP) is 5.64. The highest BCUT2D eigenvalue weighted by atomic mass is 16.5. The van der Waals surface area contributed by atoms with E-state index in [0.717, 1.165) is 46.8 Å². The van der Waals surface area contributed by atoms with Crippen molar-refractivity contribution in [2.45, 2.75) is 57.7 Å². The van der Waals surface area contributed by atoms with Gasteiger partial charge in [-0.15, -0.1) is 0 Å². The summed E-state index contributed by atoms with van der Waals surface area (Å²) in [7, 11) is 0. The highest BCUT2D eigenvalue weighted by molar-refractivity contribution is 5.70. The van der Waals surface area contributed by atoms with E-state index in [1.54, 1.807) is 0 Å². The van der Waals surface area contributed by atoms with E-state index in [1.165, 1.54) is 11.1 Å². The van der Waals surface area contributed by atoms with E-state index >= 15 is 0 Å². The van der Waals surface area contributed by atoms with Crippen molar-refractivity contribution in [3.05, 3.63) is 83.3 Å². The summed E-state index contributed by atoms with van der Waals surface area (Å²) < 4.78 is 8.52. The number of aromatic nitrogens is 4. The fraction of sp³-hybridized carbons (Fsp3) is 0.357. The number of pyridine rings is 1. The van der Waals surface area contributed by atoms with Crippen LogP contribution in [-0.2, 0) is 9.53 Å². The first-order valence-corrected chi connectivity index (χ1v) is 12.3. The molecule has 4 aromatic rings. The third-order valence-electron chi connectivity index (χ3n) is 7.59. The van der Waals surface area contributed by atoms with Crippen LogP contribution in [0.25, 0.3) is 16.8 Å². The van der Waals surface area contributed by atoms with Crippen LogP contribution in [0.5, 0.6) is 0 Å². The molecule has 1 fully saturated rings. The van der Waals surface area contributed by atoms with Gasteiger partial charge in [0.05, 0.1) is 23.4 Å². The van der Waals surface area contributed by atoms with E-state index in [4.69, 9.17) is 9.72 Å². The van der Waals surface area contributed by atoms with Crippen molar-refractivity contribution in [2.75, 3.05) is 0 Å². The van der Waals surface area contributed by atoms with Crippen molar-refractivity contribution in [1.82, 2.24) is 19.4 Å². The van der Waals surface area contributed by atoms with Gasteiger partial charge in [-0.3, -0.25) is 4.79 Å². The van der Waals surface area contributed by atoms with Crippen LogP contribution in [0.4, 0.5) is 0 Å². The van der Waals surface area contributed by atoms with Crippen LogP contribution in [0, 0.1) is 12.8 Å². The maximum Gasteiger partial charge on any atom is 0.306 e. The molecule has 3 aromatic heterocycles. The lowest BCUT2D eigenvalue weighted by molar-refractivity contribution is -0.142. The van der Waals surface area contributed by atoms with Crippen LogP contribution < -0.4 is 0 Å². The Bertz CT molecular complexity index is 1400. The molecule has 1 aliphatic heterocycles. The minimum Gasteiger partial charge on any atom is -0.481 e. The quantitative estimate of drug-likeness (QED) is 0.417. The number of aliphatic carboxylic acids is 1. The molecule has 1 N–H and O–H groups in total. The number of fused-ring (bicyclic) bond motifs is 2. The average Bonchev–Trinajstić information content (AvgIpc) is 3.39. The number of imidazole rings is 1. The maximum atomic E-state index is 11.2. The second-order valence-corrected chi connectivity index (χ2v) is 9.73. The average molecular weight is 469 g/mol. The van der Waals surface area contributed by atoms with Crippen LogP contribution in [0.3, 0.4) is 0 Å². The van der Waals surface area contributed by atoms with Gasteiger partial charge in [-0.1, -0.05) is 24.3 Å². The molecule has 0 amide bonds. The number of benzene rings is 1. The summed E-state index contributed by atoms with van der Waals surface area (Å²) in [4.78, 5) is 25.4. The van der Waals surface area contributed by atoms with Crippen molar-refractivity contribution < 1.29 is 14.6 Å². The van der Waals surface area contributed by atoms with Crippen LogP contribution >= 0.6 is 0 Å². The molecule has 1 saturated carbocycles. The summed E-state index contributed by atoms with van der Waals surface area (Å²) in [5.74, 6) is 0.114. The molecule has 1 aromatic carbocycles. The number of hydrogen-bond acceptors (Lipinski definition) is 5. The molecule has 2 atom stereocenters. The van der Waals surface area contributed by atoms with E-state index in [1.807, 2.05) is 31.5 Å². The zero-order valence-corrected chi connectivity index (χ0v) is 19.9. The number of nitrogens with zero attached hydrogens (tertiary/aromatic N) is 4. The molecule has 6 rings (SSSR count). The third-order valence-corrected chi connectivity index (χ3v) is 7.59. The van der Waals surface area contributed by atoms with E-state index in [9.17, 15) is 9.90 Å². The molecule has 7 nitrogen and oxygen atoms in total. The molecule has 0 unspecified atom stereocenters. The lowest BCUT2D eigenvalue weighted by atomic mass is 9.81. The Kier molecular flexibility index (Phi) is 5.37. The normalized spacial score (nSPS) is 23.9. The maximum absolute atomic E-state index is 11.2. The lowest BCUT2D eigenvalue weighted by Crippen LogP contribution is -2.21. The highest BCUT2D eigenvalue weighted by Crippen LogP contribution is 2.43. The first-order valence-electron chi connectivity index (χ1n) is 12.3. The fourth-order valence-corrected chi connectivity index (χ4v) is 5.65. The van der Waals surface area contributed by atoms with Gasteiger partial charge in [0, 0.05) is 35.6 Å². The molecule has 0 saturated heterocycles. The van der Waals surface area contributed by atoms with E-state index in [2.05, 4.69) is 51.8 Å². The van der Waals surface area contributed by atoms with Gasteiger partial charge in [0.25, 0.3) is 0 Å².